The van der Waals surface area contributed by atoms with E-state index in [1.165, 1.54) is 11.1 Å². The monoisotopic (exact) mass is 410 g/mol. The molecule has 0 aliphatic carbocycles. The van der Waals surface area contributed by atoms with Crippen molar-refractivity contribution in [1.82, 2.24) is 0 Å². The number of ether oxygens (including phenoxy) is 1. The van der Waals surface area contributed by atoms with E-state index in [9.17, 15) is 10.2 Å². The molecule has 0 unspecified atom stereocenters. The number of fused-ring (bicyclic) bond motifs is 2. The average Bonchev–Trinajstić information content (AvgIpc) is 2.79. The van der Waals surface area contributed by atoms with Gasteiger partial charge in [-0.2, -0.15) is 0 Å². The first kappa shape index (κ1) is 20.5. The summed E-state index contributed by atoms with van der Waals surface area (Å²) in [5, 5.41) is 18.6. The van der Waals surface area contributed by atoms with E-state index in [2.05, 4.69) is 38.1 Å². The highest BCUT2D eigenvalue weighted by atomic mass is 16.5. The minimum absolute atomic E-state index is 0.151. The molecule has 31 heavy (non-hydrogen) atoms. The third-order valence-corrected chi connectivity index (χ3v) is 5.72. The van der Waals surface area contributed by atoms with Gasteiger partial charge in [-0.3, -0.25) is 0 Å². The minimum Gasteiger partial charge on any atom is -0.508 e. The zero-order valence-corrected chi connectivity index (χ0v) is 17.7. The van der Waals surface area contributed by atoms with Crippen LogP contribution in [0.15, 0.2) is 97.1 Å². The Balaban J connectivity index is 0.000000151. The van der Waals surface area contributed by atoms with E-state index in [4.69, 9.17) is 4.74 Å². The Hall–Kier alpha value is -3.72. The quantitative estimate of drug-likeness (QED) is 0.336. The predicted molar refractivity (Wildman–Crippen MR) is 124 cm³/mol. The molecule has 0 atom stereocenters. The first-order chi connectivity index (χ1) is 14.9. The maximum Gasteiger partial charge on any atom is 0.130 e. The number of rotatable bonds is 2. The topological polar surface area (TPSA) is 49.7 Å². The van der Waals surface area contributed by atoms with Gasteiger partial charge in [0.2, 0.25) is 0 Å². The highest BCUT2D eigenvalue weighted by Gasteiger charge is 2.22. The van der Waals surface area contributed by atoms with Gasteiger partial charge in [-0.1, -0.05) is 74.5 Å². The third-order valence-electron chi connectivity index (χ3n) is 5.72. The highest BCUT2D eigenvalue weighted by Crippen LogP contribution is 2.36. The minimum atomic E-state index is -0.151. The van der Waals surface area contributed by atoms with Gasteiger partial charge in [0.25, 0.3) is 0 Å². The molecule has 5 rings (SSSR count). The lowest BCUT2D eigenvalue weighted by molar-refractivity contribution is 0.460. The third kappa shape index (κ3) is 4.56. The van der Waals surface area contributed by atoms with Crippen molar-refractivity contribution in [2.75, 3.05) is 0 Å². The van der Waals surface area contributed by atoms with Crippen LogP contribution in [0.2, 0.25) is 0 Å². The molecule has 3 nitrogen and oxygen atoms in total. The summed E-state index contributed by atoms with van der Waals surface area (Å²) >= 11 is 0. The fourth-order valence-corrected chi connectivity index (χ4v) is 3.75. The van der Waals surface area contributed by atoms with Gasteiger partial charge >= 0.3 is 0 Å². The summed E-state index contributed by atoms with van der Waals surface area (Å²) in [6.07, 6.45) is 0.979. The Labute approximate surface area is 183 Å². The summed E-state index contributed by atoms with van der Waals surface area (Å²) in [6.45, 7) is 4.23. The zero-order chi connectivity index (χ0) is 21.8. The van der Waals surface area contributed by atoms with Crippen LogP contribution in [-0.4, -0.2) is 10.2 Å². The first-order valence-electron chi connectivity index (χ1n) is 10.4. The zero-order valence-electron chi connectivity index (χ0n) is 17.7. The molecule has 0 saturated carbocycles. The van der Waals surface area contributed by atoms with Gasteiger partial charge in [-0.15, -0.1) is 0 Å². The fraction of sp³-hybridized carbons (Fsp3) is 0.143. The molecule has 0 aromatic heterocycles. The van der Waals surface area contributed by atoms with Crippen LogP contribution in [0.5, 0.6) is 23.0 Å². The van der Waals surface area contributed by atoms with Gasteiger partial charge in [0, 0.05) is 11.8 Å². The van der Waals surface area contributed by atoms with Crippen LogP contribution in [-0.2, 0) is 11.8 Å². The van der Waals surface area contributed by atoms with E-state index in [-0.39, 0.29) is 16.9 Å². The van der Waals surface area contributed by atoms with Crippen LogP contribution in [0.4, 0.5) is 0 Å². The van der Waals surface area contributed by atoms with Crippen molar-refractivity contribution in [3.63, 3.8) is 0 Å². The molecule has 1 aliphatic rings. The van der Waals surface area contributed by atoms with Crippen LogP contribution in [0.3, 0.4) is 0 Å². The van der Waals surface area contributed by atoms with Gasteiger partial charge in [0.1, 0.15) is 23.0 Å². The largest absolute Gasteiger partial charge is 0.508 e. The molecule has 4 aromatic rings. The number of para-hydroxylation sites is 2. The SMILES string of the molecule is CC(C)(c1ccc(O)cc1)c1ccc(O)cc1.c1ccc2c(c1)Cc1ccccc1O2. The number of hydrogen-bond donors (Lipinski definition) is 2. The Morgan fingerprint density at radius 2 is 0.968 bits per heavy atom. The van der Waals surface area contributed by atoms with E-state index >= 15 is 0 Å². The number of hydrogen-bond acceptors (Lipinski definition) is 3. The Bertz CT molecular complexity index is 1020. The molecule has 156 valence electrons. The molecule has 1 heterocycles. The predicted octanol–water partition coefficient (Wildman–Crippen LogP) is 6.81. The van der Waals surface area contributed by atoms with Crippen molar-refractivity contribution in [2.45, 2.75) is 25.7 Å². The van der Waals surface area contributed by atoms with E-state index in [0.29, 0.717) is 0 Å². The maximum atomic E-state index is 9.30. The Morgan fingerprint density at radius 1 is 0.581 bits per heavy atom. The lowest BCUT2D eigenvalue weighted by atomic mass is 9.78. The average molecular weight is 411 g/mol. The molecule has 2 N–H and O–H groups in total. The van der Waals surface area contributed by atoms with Crippen molar-refractivity contribution in [3.05, 3.63) is 119 Å². The molecule has 0 amide bonds. The van der Waals surface area contributed by atoms with Crippen LogP contribution in [0, 0.1) is 0 Å². The van der Waals surface area contributed by atoms with E-state index in [1.54, 1.807) is 24.3 Å². The number of benzene rings is 4. The van der Waals surface area contributed by atoms with E-state index < -0.39 is 0 Å². The van der Waals surface area contributed by atoms with Crippen LogP contribution >= 0.6 is 0 Å². The van der Waals surface area contributed by atoms with Crippen LogP contribution < -0.4 is 4.74 Å². The van der Waals surface area contributed by atoms with Crippen molar-refractivity contribution in [2.24, 2.45) is 0 Å². The van der Waals surface area contributed by atoms with Crippen molar-refractivity contribution in [3.8, 4) is 23.0 Å². The van der Waals surface area contributed by atoms with Crippen LogP contribution in [0.25, 0.3) is 0 Å². The summed E-state index contributed by atoms with van der Waals surface area (Å²) in [5.74, 6) is 2.53. The summed E-state index contributed by atoms with van der Waals surface area (Å²) in [6, 6.07) is 30.8. The Kier molecular flexibility index (Phi) is 5.68. The first-order valence-corrected chi connectivity index (χ1v) is 10.4. The molecule has 0 fully saturated rings. The second kappa shape index (κ2) is 8.57. The van der Waals surface area contributed by atoms with E-state index in [1.807, 2.05) is 48.5 Å². The summed E-state index contributed by atoms with van der Waals surface area (Å²) in [4.78, 5) is 0. The smallest absolute Gasteiger partial charge is 0.130 e. The number of phenols is 2. The number of aromatic hydroxyl groups is 2. The second-order valence-corrected chi connectivity index (χ2v) is 8.21. The molecular weight excluding hydrogens is 384 g/mol. The Morgan fingerprint density at radius 3 is 1.39 bits per heavy atom. The second-order valence-electron chi connectivity index (χ2n) is 8.21. The summed E-state index contributed by atoms with van der Waals surface area (Å²) in [5.41, 5.74) is 4.64. The van der Waals surface area contributed by atoms with Crippen molar-refractivity contribution < 1.29 is 14.9 Å². The molecular formula is C28H26O3. The molecule has 0 spiro atoms. The standard InChI is InChI=1S/C15H16O2.C13H10O/c1-15(2,11-3-7-13(16)8-4-11)12-5-9-14(17)10-6-12;1-3-7-12-10(5-1)9-11-6-2-4-8-13(11)14-12/h3-10,16-17H,1-2H3;1-8H,9H2. The lowest BCUT2D eigenvalue weighted by Crippen LogP contribution is -2.18. The molecule has 0 bridgehead atoms. The van der Waals surface area contributed by atoms with Gasteiger partial charge in [0.15, 0.2) is 0 Å². The van der Waals surface area contributed by atoms with Gasteiger partial charge in [0.05, 0.1) is 0 Å². The lowest BCUT2D eigenvalue weighted by Gasteiger charge is -2.26. The number of phenolic OH excluding ortho intramolecular Hbond substituents is 2. The maximum absolute atomic E-state index is 9.30. The fourth-order valence-electron chi connectivity index (χ4n) is 3.75. The van der Waals surface area contributed by atoms with Gasteiger partial charge in [-0.25, -0.2) is 0 Å². The molecule has 1 aliphatic heterocycles. The van der Waals surface area contributed by atoms with Crippen molar-refractivity contribution in [1.29, 1.82) is 0 Å². The van der Waals surface area contributed by atoms with Crippen molar-refractivity contribution >= 4 is 0 Å². The summed E-state index contributed by atoms with van der Waals surface area (Å²) in [7, 11) is 0. The van der Waals surface area contributed by atoms with Gasteiger partial charge < -0.3 is 14.9 Å². The molecule has 0 saturated heterocycles. The molecule has 4 aromatic carbocycles. The van der Waals surface area contributed by atoms with E-state index in [0.717, 1.165) is 29.0 Å². The van der Waals surface area contributed by atoms with Gasteiger partial charge in [-0.05, 0) is 58.7 Å². The van der Waals surface area contributed by atoms with Crippen LogP contribution in [0.1, 0.15) is 36.1 Å². The normalized spacial score (nSPS) is 11.9. The highest BCUT2D eigenvalue weighted by molar-refractivity contribution is 5.49. The summed E-state index contributed by atoms with van der Waals surface area (Å²) < 4.78 is 5.78. The molecule has 3 heteroatoms. The molecule has 0 radical (unpaired) electrons.